The normalized spacial score (nSPS) is 11.0. The SMILES string of the molecule is C/C(=N\NC(=O)CCSc1ccccc1)c1ccc(NC(=O)c2ccccc2)cc1. The van der Waals surface area contributed by atoms with Crippen molar-refractivity contribution in [2.24, 2.45) is 5.10 Å². The molecule has 0 unspecified atom stereocenters. The molecule has 0 atom stereocenters. The summed E-state index contributed by atoms with van der Waals surface area (Å²) in [7, 11) is 0. The maximum absolute atomic E-state index is 12.2. The highest BCUT2D eigenvalue weighted by atomic mass is 32.2. The van der Waals surface area contributed by atoms with Gasteiger partial charge in [0.05, 0.1) is 5.71 Å². The van der Waals surface area contributed by atoms with Gasteiger partial charge in [-0.25, -0.2) is 5.43 Å². The summed E-state index contributed by atoms with van der Waals surface area (Å²) in [6.45, 7) is 1.83. The molecule has 0 aliphatic carbocycles. The van der Waals surface area contributed by atoms with E-state index in [2.05, 4.69) is 15.8 Å². The van der Waals surface area contributed by atoms with Crippen LogP contribution in [0.4, 0.5) is 5.69 Å². The summed E-state index contributed by atoms with van der Waals surface area (Å²) < 4.78 is 0. The molecular formula is C24H23N3O2S. The van der Waals surface area contributed by atoms with Crippen LogP contribution >= 0.6 is 11.8 Å². The fraction of sp³-hybridized carbons (Fsp3) is 0.125. The van der Waals surface area contributed by atoms with Crippen LogP contribution < -0.4 is 10.7 Å². The van der Waals surface area contributed by atoms with Crippen molar-refractivity contribution in [1.29, 1.82) is 0 Å². The highest BCUT2D eigenvalue weighted by molar-refractivity contribution is 7.99. The average molecular weight is 418 g/mol. The molecule has 2 N–H and O–H groups in total. The molecule has 3 aromatic rings. The summed E-state index contributed by atoms with van der Waals surface area (Å²) in [5.41, 5.74) is 5.46. The lowest BCUT2D eigenvalue weighted by atomic mass is 10.1. The van der Waals surface area contributed by atoms with Gasteiger partial charge in [0, 0.05) is 28.3 Å². The second-order valence-electron chi connectivity index (χ2n) is 6.54. The van der Waals surface area contributed by atoms with E-state index >= 15 is 0 Å². The summed E-state index contributed by atoms with van der Waals surface area (Å²) >= 11 is 1.64. The Hall–Kier alpha value is -3.38. The molecule has 0 aliphatic heterocycles. The molecule has 0 aromatic heterocycles. The summed E-state index contributed by atoms with van der Waals surface area (Å²) in [5, 5.41) is 7.04. The van der Waals surface area contributed by atoms with Gasteiger partial charge in [0.2, 0.25) is 5.91 Å². The molecule has 0 saturated carbocycles. The fourth-order valence-electron chi connectivity index (χ4n) is 2.63. The molecule has 3 rings (SSSR count). The number of hydrazone groups is 1. The van der Waals surface area contributed by atoms with Gasteiger partial charge in [-0.1, -0.05) is 48.5 Å². The maximum atomic E-state index is 12.2. The number of amides is 2. The smallest absolute Gasteiger partial charge is 0.255 e. The molecule has 0 saturated heterocycles. The van der Waals surface area contributed by atoms with E-state index in [4.69, 9.17) is 0 Å². The average Bonchev–Trinajstić information content (AvgIpc) is 2.79. The predicted molar refractivity (Wildman–Crippen MR) is 123 cm³/mol. The lowest BCUT2D eigenvalue weighted by Crippen LogP contribution is -2.19. The molecule has 0 aliphatic rings. The lowest BCUT2D eigenvalue weighted by molar-refractivity contribution is -0.120. The van der Waals surface area contributed by atoms with Crippen LogP contribution in [0.2, 0.25) is 0 Å². The van der Waals surface area contributed by atoms with Gasteiger partial charge in [0.1, 0.15) is 0 Å². The molecule has 30 heavy (non-hydrogen) atoms. The standard InChI is InChI=1S/C24H23N3O2S/c1-18(26-27-23(28)16-17-30-22-10-6-3-7-11-22)19-12-14-21(15-13-19)25-24(29)20-8-4-2-5-9-20/h2-15H,16-17H2,1H3,(H,25,29)(H,27,28)/b26-18+. The van der Waals surface area contributed by atoms with Gasteiger partial charge in [-0.05, 0) is 48.9 Å². The van der Waals surface area contributed by atoms with E-state index in [1.165, 1.54) is 0 Å². The van der Waals surface area contributed by atoms with E-state index in [9.17, 15) is 9.59 Å². The Bertz CT molecular complexity index is 1000. The number of anilines is 1. The van der Waals surface area contributed by atoms with Crippen molar-refractivity contribution < 1.29 is 9.59 Å². The zero-order valence-corrected chi connectivity index (χ0v) is 17.5. The Morgan fingerprint density at radius 1 is 0.833 bits per heavy atom. The molecule has 0 spiro atoms. The monoisotopic (exact) mass is 417 g/mol. The van der Waals surface area contributed by atoms with Gasteiger partial charge in [0.15, 0.2) is 0 Å². The van der Waals surface area contributed by atoms with Gasteiger partial charge >= 0.3 is 0 Å². The summed E-state index contributed by atoms with van der Waals surface area (Å²) in [4.78, 5) is 25.3. The molecule has 152 valence electrons. The summed E-state index contributed by atoms with van der Waals surface area (Å²) in [5.74, 6) is 0.416. The van der Waals surface area contributed by atoms with E-state index < -0.39 is 0 Å². The zero-order chi connectivity index (χ0) is 21.2. The number of nitrogens with one attached hydrogen (secondary N) is 2. The Morgan fingerprint density at radius 3 is 2.13 bits per heavy atom. The van der Waals surface area contributed by atoms with E-state index in [1.807, 2.05) is 79.7 Å². The number of nitrogens with zero attached hydrogens (tertiary/aromatic N) is 1. The van der Waals surface area contributed by atoms with Crippen molar-refractivity contribution in [3.63, 3.8) is 0 Å². The van der Waals surface area contributed by atoms with Gasteiger partial charge < -0.3 is 5.32 Å². The Kier molecular flexibility index (Phi) is 7.80. The van der Waals surface area contributed by atoms with Crippen LogP contribution in [-0.2, 0) is 4.79 Å². The summed E-state index contributed by atoms with van der Waals surface area (Å²) in [6.07, 6.45) is 0.390. The number of carbonyl (C=O) groups excluding carboxylic acids is 2. The van der Waals surface area contributed by atoms with Crippen LogP contribution in [0.25, 0.3) is 0 Å². The molecule has 0 radical (unpaired) electrons. The highest BCUT2D eigenvalue weighted by Gasteiger charge is 2.06. The first kappa shape index (κ1) is 21.3. The number of benzene rings is 3. The fourth-order valence-corrected chi connectivity index (χ4v) is 3.51. The minimum atomic E-state index is -0.158. The van der Waals surface area contributed by atoms with E-state index in [0.717, 1.165) is 10.5 Å². The number of hydrogen-bond donors (Lipinski definition) is 2. The third-order valence-electron chi connectivity index (χ3n) is 4.29. The van der Waals surface area contributed by atoms with Crippen LogP contribution in [0.15, 0.2) is 94.9 Å². The molecule has 6 heteroatoms. The first-order valence-electron chi connectivity index (χ1n) is 9.59. The number of thioether (sulfide) groups is 1. The van der Waals surface area contributed by atoms with Crippen molar-refractivity contribution in [2.45, 2.75) is 18.2 Å². The van der Waals surface area contributed by atoms with Crippen molar-refractivity contribution >= 4 is 35.0 Å². The number of hydrogen-bond acceptors (Lipinski definition) is 4. The number of carbonyl (C=O) groups is 2. The predicted octanol–water partition coefficient (Wildman–Crippen LogP) is 4.96. The van der Waals surface area contributed by atoms with Gasteiger partial charge in [0.25, 0.3) is 5.91 Å². The van der Waals surface area contributed by atoms with Crippen LogP contribution in [0.3, 0.4) is 0 Å². The second kappa shape index (κ2) is 11.0. The molecule has 5 nitrogen and oxygen atoms in total. The molecule has 3 aromatic carbocycles. The minimum Gasteiger partial charge on any atom is -0.322 e. The largest absolute Gasteiger partial charge is 0.322 e. The third kappa shape index (κ3) is 6.60. The highest BCUT2D eigenvalue weighted by Crippen LogP contribution is 2.17. The van der Waals surface area contributed by atoms with E-state index in [0.29, 0.717) is 29.1 Å². The van der Waals surface area contributed by atoms with E-state index in [-0.39, 0.29) is 11.8 Å². The minimum absolute atomic E-state index is 0.121. The Balaban J connectivity index is 1.47. The van der Waals surface area contributed by atoms with Crippen LogP contribution in [0.1, 0.15) is 29.3 Å². The summed E-state index contributed by atoms with van der Waals surface area (Å²) in [6, 6.07) is 26.4. The van der Waals surface area contributed by atoms with Gasteiger partial charge in [-0.3, -0.25) is 9.59 Å². The van der Waals surface area contributed by atoms with E-state index in [1.54, 1.807) is 23.9 Å². The molecule has 0 bridgehead atoms. The first-order valence-corrected chi connectivity index (χ1v) is 10.6. The molecular weight excluding hydrogens is 394 g/mol. The molecule has 0 fully saturated rings. The molecule has 2 amide bonds. The van der Waals surface area contributed by atoms with Crippen LogP contribution in [0.5, 0.6) is 0 Å². The molecule has 0 heterocycles. The van der Waals surface area contributed by atoms with Crippen LogP contribution in [0, 0.1) is 0 Å². The Labute approximate surface area is 180 Å². The van der Waals surface area contributed by atoms with Crippen molar-refractivity contribution in [3.8, 4) is 0 Å². The zero-order valence-electron chi connectivity index (χ0n) is 16.7. The first-order chi connectivity index (χ1) is 14.6. The van der Waals surface area contributed by atoms with Gasteiger partial charge in [-0.2, -0.15) is 5.10 Å². The topological polar surface area (TPSA) is 70.6 Å². The van der Waals surface area contributed by atoms with Crippen LogP contribution in [-0.4, -0.2) is 23.3 Å². The third-order valence-corrected chi connectivity index (χ3v) is 5.30. The Morgan fingerprint density at radius 2 is 1.47 bits per heavy atom. The lowest BCUT2D eigenvalue weighted by Gasteiger charge is -2.07. The van der Waals surface area contributed by atoms with Crippen molar-refractivity contribution in [1.82, 2.24) is 5.43 Å². The van der Waals surface area contributed by atoms with Crippen molar-refractivity contribution in [2.75, 3.05) is 11.1 Å². The van der Waals surface area contributed by atoms with Gasteiger partial charge in [-0.15, -0.1) is 11.8 Å². The quantitative estimate of drug-likeness (QED) is 0.309. The second-order valence-corrected chi connectivity index (χ2v) is 7.71. The number of rotatable bonds is 8. The van der Waals surface area contributed by atoms with Crippen molar-refractivity contribution in [3.05, 3.63) is 96.1 Å². The maximum Gasteiger partial charge on any atom is 0.255 e.